The summed E-state index contributed by atoms with van der Waals surface area (Å²) in [5.74, 6) is 0.952. The average molecular weight is 549 g/mol. The Morgan fingerprint density at radius 1 is 0.465 bits per heavy atom. The van der Waals surface area contributed by atoms with Crippen LogP contribution in [0.1, 0.15) is 24.0 Å². The van der Waals surface area contributed by atoms with Crippen molar-refractivity contribution < 1.29 is 0 Å². The lowest BCUT2D eigenvalue weighted by atomic mass is 9.93. The van der Waals surface area contributed by atoms with Crippen molar-refractivity contribution in [2.75, 3.05) is 0 Å². The number of fused-ring (bicyclic) bond motifs is 4. The van der Waals surface area contributed by atoms with Gasteiger partial charge in [0, 0.05) is 11.3 Å². The quantitative estimate of drug-likeness (QED) is 0.214. The summed E-state index contributed by atoms with van der Waals surface area (Å²) in [4.78, 5) is 5.03. The maximum atomic E-state index is 5.03. The number of imidazole rings is 1. The van der Waals surface area contributed by atoms with E-state index < -0.39 is 0 Å². The molecule has 2 nitrogen and oxygen atoms in total. The summed E-state index contributed by atoms with van der Waals surface area (Å²) in [5, 5.41) is 2.74. The SMILES string of the molecule is C1=C2C(=CCC1)c1ccc(-c3ccc(-c4ccc(-c5nc6ccccc6n5-c5ccccc5)cc4)cc3)c3cccc2c13. The van der Waals surface area contributed by atoms with Crippen LogP contribution in [-0.4, -0.2) is 9.55 Å². The second kappa shape index (κ2) is 9.54. The predicted octanol–water partition coefficient (Wildman–Crippen LogP) is 10.8. The molecular weight excluding hydrogens is 520 g/mol. The first-order valence-electron chi connectivity index (χ1n) is 15.0. The van der Waals surface area contributed by atoms with Crippen molar-refractivity contribution in [2.45, 2.75) is 12.8 Å². The molecule has 0 spiro atoms. The van der Waals surface area contributed by atoms with Gasteiger partial charge >= 0.3 is 0 Å². The highest BCUT2D eigenvalue weighted by Gasteiger charge is 2.26. The number of benzene rings is 6. The Labute approximate surface area is 250 Å². The summed E-state index contributed by atoms with van der Waals surface area (Å²) in [6.45, 7) is 0. The van der Waals surface area contributed by atoms with Gasteiger partial charge in [-0.2, -0.15) is 0 Å². The third kappa shape index (κ3) is 3.77. The zero-order valence-corrected chi connectivity index (χ0v) is 23.7. The lowest BCUT2D eigenvalue weighted by Crippen LogP contribution is -1.97. The van der Waals surface area contributed by atoms with E-state index in [1.54, 1.807) is 0 Å². The lowest BCUT2D eigenvalue weighted by molar-refractivity contribution is 1.05. The molecule has 0 aliphatic heterocycles. The normalized spacial score (nSPS) is 13.7. The topological polar surface area (TPSA) is 17.8 Å². The molecule has 0 bridgehead atoms. The molecule has 7 aromatic rings. The second-order valence-corrected chi connectivity index (χ2v) is 11.5. The van der Waals surface area contributed by atoms with Crippen molar-refractivity contribution in [3.63, 3.8) is 0 Å². The summed E-state index contributed by atoms with van der Waals surface area (Å²) in [5.41, 5.74) is 14.9. The van der Waals surface area contributed by atoms with Gasteiger partial charge < -0.3 is 0 Å². The van der Waals surface area contributed by atoms with Gasteiger partial charge in [0.2, 0.25) is 0 Å². The molecule has 1 aromatic heterocycles. The first-order valence-corrected chi connectivity index (χ1v) is 15.0. The van der Waals surface area contributed by atoms with Crippen molar-refractivity contribution in [1.29, 1.82) is 0 Å². The molecule has 6 aromatic carbocycles. The van der Waals surface area contributed by atoms with Crippen LogP contribution in [0.15, 0.2) is 146 Å². The number of nitrogens with zero attached hydrogens (tertiary/aromatic N) is 2. The molecule has 1 heterocycles. The summed E-state index contributed by atoms with van der Waals surface area (Å²) in [6, 6.07) is 48.1. The zero-order valence-electron chi connectivity index (χ0n) is 23.7. The van der Waals surface area contributed by atoms with Gasteiger partial charge in [0.1, 0.15) is 5.82 Å². The highest BCUT2D eigenvalue weighted by molar-refractivity contribution is 6.24. The Morgan fingerprint density at radius 3 is 1.81 bits per heavy atom. The van der Waals surface area contributed by atoms with Crippen LogP contribution in [0.4, 0.5) is 0 Å². The Bertz CT molecular complexity index is 2220. The van der Waals surface area contributed by atoms with Crippen LogP contribution in [-0.2, 0) is 0 Å². The Morgan fingerprint density at radius 2 is 1.07 bits per heavy atom. The van der Waals surface area contributed by atoms with Gasteiger partial charge in [-0.15, -0.1) is 0 Å². The number of hydrogen-bond donors (Lipinski definition) is 0. The summed E-state index contributed by atoms with van der Waals surface area (Å²) in [7, 11) is 0. The van der Waals surface area contributed by atoms with E-state index in [1.165, 1.54) is 55.3 Å². The van der Waals surface area contributed by atoms with E-state index in [-0.39, 0.29) is 0 Å². The van der Waals surface area contributed by atoms with Gasteiger partial charge in [0.15, 0.2) is 0 Å². The van der Waals surface area contributed by atoms with E-state index in [4.69, 9.17) is 4.98 Å². The summed E-state index contributed by atoms with van der Waals surface area (Å²) >= 11 is 0. The zero-order chi connectivity index (χ0) is 28.3. The third-order valence-corrected chi connectivity index (χ3v) is 9.02. The standard InChI is InChI=1S/C41H28N2/c1-2-9-31(10-3-1)43-39-16-7-6-15-38(39)42-41(43)30-23-19-28(20-24-30)27-17-21-29(22-18-27)32-25-26-37-34-12-5-4-11-33(34)36-14-8-13-35(32)40(36)37/h1-3,6-26H,4-5H2. The Hall–Kier alpha value is -5.47. The van der Waals surface area contributed by atoms with Gasteiger partial charge in [0.25, 0.3) is 0 Å². The molecule has 9 rings (SSSR count). The molecule has 2 aliphatic rings. The van der Waals surface area contributed by atoms with Crippen molar-refractivity contribution >= 4 is 33.0 Å². The fourth-order valence-electron chi connectivity index (χ4n) is 7.00. The number of allylic oxidation sites excluding steroid dienone is 4. The first kappa shape index (κ1) is 24.2. The molecule has 0 N–H and O–H groups in total. The highest BCUT2D eigenvalue weighted by atomic mass is 15.1. The second-order valence-electron chi connectivity index (χ2n) is 11.5. The van der Waals surface area contributed by atoms with Crippen LogP contribution >= 0.6 is 0 Å². The van der Waals surface area contributed by atoms with E-state index in [0.29, 0.717) is 0 Å². The average Bonchev–Trinajstić information content (AvgIpc) is 3.63. The van der Waals surface area contributed by atoms with E-state index in [0.717, 1.165) is 41.0 Å². The molecule has 2 heteroatoms. The molecule has 0 saturated heterocycles. The van der Waals surface area contributed by atoms with Crippen LogP contribution in [0.3, 0.4) is 0 Å². The molecule has 0 radical (unpaired) electrons. The minimum absolute atomic E-state index is 0.952. The van der Waals surface area contributed by atoms with Crippen LogP contribution in [0, 0.1) is 0 Å². The highest BCUT2D eigenvalue weighted by Crippen LogP contribution is 2.49. The molecule has 0 unspecified atom stereocenters. The minimum Gasteiger partial charge on any atom is -0.292 e. The fraction of sp³-hybridized carbons (Fsp3) is 0.0488. The summed E-state index contributed by atoms with van der Waals surface area (Å²) in [6.07, 6.45) is 7.10. The van der Waals surface area contributed by atoms with E-state index in [1.807, 2.05) is 6.07 Å². The molecule has 43 heavy (non-hydrogen) atoms. The fourth-order valence-corrected chi connectivity index (χ4v) is 7.00. The largest absolute Gasteiger partial charge is 0.292 e. The van der Waals surface area contributed by atoms with Gasteiger partial charge in [-0.3, -0.25) is 4.57 Å². The molecule has 0 saturated carbocycles. The van der Waals surface area contributed by atoms with Crippen molar-refractivity contribution in [2.24, 2.45) is 0 Å². The van der Waals surface area contributed by atoms with E-state index >= 15 is 0 Å². The van der Waals surface area contributed by atoms with Crippen molar-refractivity contribution in [1.82, 2.24) is 9.55 Å². The van der Waals surface area contributed by atoms with E-state index in [2.05, 4.69) is 144 Å². The number of aromatic nitrogens is 2. The first-order chi connectivity index (χ1) is 21.3. The maximum Gasteiger partial charge on any atom is 0.145 e. The van der Waals surface area contributed by atoms with Gasteiger partial charge in [-0.1, -0.05) is 121 Å². The molecule has 2 aliphatic carbocycles. The number of hydrogen-bond acceptors (Lipinski definition) is 1. The molecule has 202 valence electrons. The van der Waals surface area contributed by atoms with Gasteiger partial charge in [-0.05, 0) is 92.4 Å². The maximum absolute atomic E-state index is 5.03. The van der Waals surface area contributed by atoms with Crippen molar-refractivity contribution in [3.8, 4) is 39.3 Å². The van der Waals surface area contributed by atoms with Gasteiger partial charge in [0.05, 0.1) is 11.0 Å². The van der Waals surface area contributed by atoms with Crippen LogP contribution in [0.5, 0.6) is 0 Å². The van der Waals surface area contributed by atoms with Crippen molar-refractivity contribution in [3.05, 3.63) is 157 Å². The Kier molecular flexibility index (Phi) is 5.36. The number of para-hydroxylation sites is 3. The van der Waals surface area contributed by atoms with Crippen LogP contribution < -0.4 is 0 Å². The smallest absolute Gasteiger partial charge is 0.145 e. The number of rotatable bonds is 4. The lowest BCUT2D eigenvalue weighted by Gasteiger charge is -2.11. The van der Waals surface area contributed by atoms with Crippen LogP contribution in [0.2, 0.25) is 0 Å². The Balaban J connectivity index is 1.07. The minimum atomic E-state index is 0.952. The van der Waals surface area contributed by atoms with Crippen LogP contribution in [0.25, 0.3) is 72.3 Å². The molecule has 0 atom stereocenters. The third-order valence-electron chi connectivity index (χ3n) is 9.02. The predicted molar refractivity (Wildman–Crippen MR) is 180 cm³/mol. The molecule has 0 amide bonds. The van der Waals surface area contributed by atoms with E-state index in [9.17, 15) is 0 Å². The summed E-state index contributed by atoms with van der Waals surface area (Å²) < 4.78 is 2.25. The molecule has 0 fully saturated rings. The monoisotopic (exact) mass is 548 g/mol. The van der Waals surface area contributed by atoms with Gasteiger partial charge in [-0.25, -0.2) is 4.98 Å². The molecular formula is C41H28N2.